The van der Waals surface area contributed by atoms with Crippen molar-refractivity contribution in [3.8, 4) is 17.6 Å². The molecule has 0 saturated carbocycles. The topological polar surface area (TPSA) is 71.3 Å². The van der Waals surface area contributed by atoms with Gasteiger partial charge in [0.15, 0.2) is 11.5 Å². The Hall–Kier alpha value is -3.78. The van der Waals surface area contributed by atoms with Crippen LogP contribution in [-0.4, -0.2) is 13.0 Å². The molecule has 0 fully saturated rings. The lowest BCUT2D eigenvalue weighted by Gasteiger charge is -2.12. The number of benzene rings is 3. The number of methoxy groups -OCH3 is 1. The maximum absolute atomic E-state index is 12.5. The highest BCUT2D eigenvalue weighted by Gasteiger charge is 2.12. The number of carbonyl (C=O) groups is 1. The maximum atomic E-state index is 12.5. The van der Waals surface area contributed by atoms with Crippen LogP contribution in [0.4, 0.5) is 5.69 Å². The number of carbonyl (C=O) groups excluding carboxylic acids is 1. The number of nitrogens with one attached hydrogen (secondary N) is 1. The second kappa shape index (κ2) is 8.54. The maximum Gasteiger partial charge on any atom is 0.255 e. The van der Waals surface area contributed by atoms with E-state index in [4.69, 9.17) is 14.7 Å². The summed E-state index contributed by atoms with van der Waals surface area (Å²) in [6.07, 6.45) is 0. The Morgan fingerprint density at radius 2 is 1.74 bits per heavy atom. The van der Waals surface area contributed by atoms with Gasteiger partial charge in [-0.3, -0.25) is 4.79 Å². The number of amides is 1. The molecule has 3 aromatic carbocycles. The van der Waals surface area contributed by atoms with Crippen molar-refractivity contribution in [1.29, 1.82) is 5.26 Å². The first-order valence-electron chi connectivity index (χ1n) is 8.36. The molecule has 0 heterocycles. The molecule has 0 aromatic heterocycles. The predicted octanol–water partition coefficient (Wildman–Crippen LogP) is 4.40. The van der Waals surface area contributed by atoms with Gasteiger partial charge in [0.05, 0.1) is 18.7 Å². The van der Waals surface area contributed by atoms with Crippen molar-refractivity contribution in [1.82, 2.24) is 0 Å². The summed E-state index contributed by atoms with van der Waals surface area (Å²) < 4.78 is 11.2. The number of nitriles is 1. The SMILES string of the molecule is COc1cc(C(=O)Nc2ccc(C#N)cc2)ccc1OCc1ccccc1. The van der Waals surface area contributed by atoms with Gasteiger partial charge in [0.2, 0.25) is 0 Å². The first kappa shape index (κ1) is 18.0. The summed E-state index contributed by atoms with van der Waals surface area (Å²) in [5.41, 5.74) is 2.64. The highest BCUT2D eigenvalue weighted by Crippen LogP contribution is 2.29. The molecule has 3 aromatic rings. The molecule has 0 atom stereocenters. The summed E-state index contributed by atoms with van der Waals surface area (Å²) in [5.74, 6) is 0.780. The van der Waals surface area contributed by atoms with Crippen LogP contribution in [-0.2, 0) is 6.61 Å². The zero-order chi connectivity index (χ0) is 19.1. The second-order valence-corrected chi connectivity index (χ2v) is 5.78. The lowest BCUT2D eigenvalue weighted by molar-refractivity contribution is 0.102. The monoisotopic (exact) mass is 358 g/mol. The van der Waals surface area contributed by atoms with E-state index >= 15 is 0 Å². The standard InChI is InChI=1S/C22H18N2O3/c1-26-21-13-18(22(25)24-19-10-7-16(14-23)8-11-19)9-12-20(21)27-15-17-5-3-2-4-6-17/h2-13H,15H2,1H3,(H,24,25). The van der Waals surface area contributed by atoms with Gasteiger partial charge < -0.3 is 14.8 Å². The van der Waals surface area contributed by atoms with Crippen molar-refractivity contribution in [2.75, 3.05) is 12.4 Å². The van der Waals surface area contributed by atoms with Gasteiger partial charge in [0, 0.05) is 11.3 Å². The van der Waals surface area contributed by atoms with Crippen LogP contribution in [0.1, 0.15) is 21.5 Å². The number of ether oxygens (including phenoxy) is 2. The van der Waals surface area contributed by atoms with E-state index in [0.29, 0.717) is 34.9 Å². The van der Waals surface area contributed by atoms with E-state index in [1.165, 1.54) is 7.11 Å². The number of hydrogen-bond donors (Lipinski definition) is 1. The zero-order valence-corrected chi connectivity index (χ0v) is 14.8. The predicted molar refractivity (Wildman–Crippen MR) is 103 cm³/mol. The lowest BCUT2D eigenvalue weighted by Crippen LogP contribution is -2.12. The first-order valence-corrected chi connectivity index (χ1v) is 8.36. The second-order valence-electron chi connectivity index (χ2n) is 5.78. The Bertz CT molecular complexity index is 961. The summed E-state index contributed by atoms with van der Waals surface area (Å²) >= 11 is 0. The molecule has 0 bridgehead atoms. The summed E-state index contributed by atoms with van der Waals surface area (Å²) in [6, 6.07) is 23.6. The molecule has 0 radical (unpaired) electrons. The highest BCUT2D eigenvalue weighted by molar-refractivity contribution is 6.04. The van der Waals surface area contributed by atoms with Gasteiger partial charge in [-0.2, -0.15) is 5.26 Å². The molecule has 1 amide bonds. The molecular formula is C22H18N2O3. The zero-order valence-electron chi connectivity index (χ0n) is 14.8. The van der Waals surface area contributed by atoms with Crippen LogP contribution < -0.4 is 14.8 Å². The van der Waals surface area contributed by atoms with Gasteiger partial charge in [-0.1, -0.05) is 30.3 Å². The molecule has 0 spiro atoms. The third-order valence-corrected chi connectivity index (χ3v) is 3.93. The quantitative estimate of drug-likeness (QED) is 0.709. The molecule has 5 nitrogen and oxygen atoms in total. The Balaban J connectivity index is 1.70. The van der Waals surface area contributed by atoms with Gasteiger partial charge >= 0.3 is 0 Å². The van der Waals surface area contributed by atoms with Gasteiger partial charge in [-0.15, -0.1) is 0 Å². The Labute approximate surface area is 157 Å². The van der Waals surface area contributed by atoms with E-state index < -0.39 is 0 Å². The Morgan fingerprint density at radius 1 is 1.00 bits per heavy atom. The minimum Gasteiger partial charge on any atom is -0.493 e. The molecule has 0 unspecified atom stereocenters. The normalized spacial score (nSPS) is 9.93. The minimum atomic E-state index is -0.271. The third-order valence-electron chi connectivity index (χ3n) is 3.93. The van der Waals surface area contributed by atoms with Crippen LogP contribution in [0.15, 0.2) is 72.8 Å². The first-order chi connectivity index (χ1) is 13.2. The van der Waals surface area contributed by atoms with Crippen molar-refractivity contribution < 1.29 is 14.3 Å². The van der Waals surface area contributed by atoms with E-state index in [1.54, 1.807) is 42.5 Å². The van der Waals surface area contributed by atoms with E-state index in [2.05, 4.69) is 5.32 Å². The molecule has 134 valence electrons. The van der Waals surface area contributed by atoms with Crippen molar-refractivity contribution >= 4 is 11.6 Å². The molecule has 0 aliphatic heterocycles. The van der Waals surface area contributed by atoms with Crippen molar-refractivity contribution in [3.63, 3.8) is 0 Å². The lowest BCUT2D eigenvalue weighted by atomic mass is 10.1. The van der Waals surface area contributed by atoms with E-state index in [9.17, 15) is 4.79 Å². The summed E-state index contributed by atoms with van der Waals surface area (Å²) in [4.78, 5) is 12.5. The Morgan fingerprint density at radius 3 is 2.41 bits per heavy atom. The Kier molecular flexibility index (Phi) is 5.70. The van der Waals surface area contributed by atoms with Crippen molar-refractivity contribution in [2.24, 2.45) is 0 Å². The van der Waals surface area contributed by atoms with Gasteiger partial charge in [-0.25, -0.2) is 0 Å². The molecule has 5 heteroatoms. The van der Waals surface area contributed by atoms with Crippen LogP contribution in [0.3, 0.4) is 0 Å². The fourth-order valence-corrected chi connectivity index (χ4v) is 2.49. The molecule has 0 saturated heterocycles. The smallest absolute Gasteiger partial charge is 0.255 e. The minimum absolute atomic E-state index is 0.271. The number of anilines is 1. The fraction of sp³-hybridized carbons (Fsp3) is 0.0909. The molecular weight excluding hydrogens is 340 g/mol. The van der Waals surface area contributed by atoms with E-state index in [0.717, 1.165) is 5.56 Å². The molecule has 0 aliphatic rings. The number of hydrogen-bond acceptors (Lipinski definition) is 4. The molecule has 1 N–H and O–H groups in total. The van der Waals surface area contributed by atoms with Crippen LogP contribution in [0, 0.1) is 11.3 Å². The molecule has 0 aliphatic carbocycles. The fourth-order valence-electron chi connectivity index (χ4n) is 2.49. The van der Waals surface area contributed by atoms with Crippen LogP contribution in [0.25, 0.3) is 0 Å². The molecule has 3 rings (SSSR count). The summed E-state index contributed by atoms with van der Waals surface area (Å²) in [7, 11) is 1.53. The third kappa shape index (κ3) is 4.65. The summed E-state index contributed by atoms with van der Waals surface area (Å²) in [5, 5.41) is 11.6. The average Bonchev–Trinajstić information content (AvgIpc) is 2.73. The van der Waals surface area contributed by atoms with Crippen LogP contribution in [0.2, 0.25) is 0 Å². The van der Waals surface area contributed by atoms with Gasteiger partial charge in [0.1, 0.15) is 6.61 Å². The van der Waals surface area contributed by atoms with E-state index in [1.807, 2.05) is 36.4 Å². The number of nitrogens with zero attached hydrogens (tertiary/aromatic N) is 1. The van der Waals surface area contributed by atoms with Gasteiger partial charge in [0.25, 0.3) is 5.91 Å². The van der Waals surface area contributed by atoms with Crippen LogP contribution in [0.5, 0.6) is 11.5 Å². The average molecular weight is 358 g/mol. The largest absolute Gasteiger partial charge is 0.493 e. The van der Waals surface area contributed by atoms with Crippen molar-refractivity contribution in [3.05, 3.63) is 89.5 Å². The summed E-state index contributed by atoms with van der Waals surface area (Å²) in [6.45, 7) is 0.411. The van der Waals surface area contributed by atoms with Crippen molar-refractivity contribution in [2.45, 2.75) is 6.61 Å². The van der Waals surface area contributed by atoms with Crippen LogP contribution >= 0.6 is 0 Å². The molecule has 27 heavy (non-hydrogen) atoms. The van der Waals surface area contributed by atoms with E-state index in [-0.39, 0.29) is 5.91 Å². The highest BCUT2D eigenvalue weighted by atomic mass is 16.5. The number of rotatable bonds is 6. The van der Waals surface area contributed by atoms with Gasteiger partial charge in [-0.05, 0) is 48.0 Å².